The monoisotopic (exact) mass is 244 g/mol. The van der Waals surface area contributed by atoms with Crippen LogP contribution in [0, 0.1) is 11.3 Å². The van der Waals surface area contributed by atoms with E-state index in [1.165, 1.54) is 0 Å². The van der Waals surface area contributed by atoms with E-state index in [2.05, 4.69) is 10.6 Å². The number of nitrogens with one attached hydrogen (secondary N) is 2. The van der Waals surface area contributed by atoms with E-state index in [1.54, 1.807) is 20.8 Å². The molecule has 0 aliphatic heterocycles. The van der Waals surface area contributed by atoms with Gasteiger partial charge in [-0.1, -0.05) is 41.0 Å². The highest BCUT2D eigenvalue weighted by Crippen LogP contribution is 2.19. The lowest BCUT2D eigenvalue weighted by atomic mass is 9.87. The van der Waals surface area contributed by atoms with Gasteiger partial charge in [-0.25, -0.2) is 9.59 Å². The molecule has 0 saturated carbocycles. The molecule has 3 N–H and O–H groups in total. The molecule has 0 fully saturated rings. The summed E-state index contributed by atoms with van der Waals surface area (Å²) in [6.07, 6.45) is 0.974. The van der Waals surface area contributed by atoms with Gasteiger partial charge in [0.05, 0.1) is 0 Å². The minimum absolute atomic E-state index is 0.388. The van der Waals surface area contributed by atoms with Gasteiger partial charge in [0.2, 0.25) is 0 Å². The van der Waals surface area contributed by atoms with Gasteiger partial charge in [0.1, 0.15) is 6.04 Å². The molecule has 0 heterocycles. The Kier molecular flexibility index (Phi) is 5.99. The number of carbonyl (C=O) groups is 2. The predicted molar refractivity (Wildman–Crippen MR) is 66.9 cm³/mol. The number of urea groups is 1. The lowest BCUT2D eigenvalue weighted by Gasteiger charge is -2.28. The minimum atomic E-state index is -1.02. The largest absolute Gasteiger partial charge is 0.480 e. The van der Waals surface area contributed by atoms with Gasteiger partial charge in [-0.05, 0) is 11.3 Å². The summed E-state index contributed by atoms with van der Waals surface area (Å²) in [7, 11) is 0. The molecule has 0 rings (SSSR count). The molecule has 100 valence electrons. The molecule has 2 unspecified atom stereocenters. The maximum Gasteiger partial charge on any atom is 0.326 e. The van der Waals surface area contributed by atoms with Crippen LogP contribution in [-0.2, 0) is 4.79 Å². The first-order chi connectivity index (χ1) is 7.68. The molecular weight excluding hydrogens is 220 g/mol. The van der Waals surface area contributed by atoms with Crippen LogP contribution in [0.4, 0.5) is 4.79 Å². The zero-order chi connectivity index (χ0) is 13.6. The van der Waals surface area contributed by atoms with E-state index < -0.39 is 23.5 Å². The van der Waals surface area contributed by atoms with Crippen molar-refractivity contribution in [1.82, 2.24) is 10.6 Å². The van der Waals surface area contributed by atoms with Gasteiger partial charge >= 0.3 is 12.0 Å². The first kappa shape index (κ1) is 15.7. The molecule has 0 aliphatic carbocycles. The Bertz CT molecular complexity index is 271. The SMILES string of the molecule is CCC(C)CNC(=O)NC(C(=O)O)C(C)(C)C. The van der Waals surface area contributed by atoms with Crippen LogP contribution in [0.5, 0.6) is 0 Å². The van der Waals surface area contributed by atoms with Gasteiger partial charge in [0, 0.05) is 6.54 Å². The second-order valence-electron chi connectivity index (χ2n) is 5.51. The second-order valence-corrected chi connectivity index (χ2v) is 5.51. The number of amides is 2. The average Bonchev–Trinajstić information content (AvgIpc) is 2.20. The lowest BCUT2D eigenvalue weighted by molar-refractivity contribution is -0.141. The van der Waals surface area contributed by atoms with E-state index in [-0.39, 0.29) is 0 Å². The maximum atomic E-state index is 11.5. The standard InChI is InChI=1S/C12H24N2O3/c1-6-8(2)7-13-11(17)14-9(10(15)16)12(3,4)5/h8-9H,6-7H2,1-5H3,(H,15,16)(H2,13,14,17). The Morgan fingerprint density at radius 2 is 1.82 bits per heavy atom. The Morgan fingerprint density at radius 3 is 2.18 bits per heavy atom. The molecule has 17 heavy (non-hydrogen) atoms. The van der Waals surface area contributed by atoms with E-state index in [0.717, 1.165) is 6.42 Å². The van der Waals surface area contributed by atoms with Crippen LogP contribution in [0.15, 0.2) is 0 Å². The normalized spacial score (nSPS) is 14.9. The molecular formula is C12H24N2O3. The van der Waals surface area contributed by atoms with Gasteiger partial charge in [0.25, 0.3) is 0 Å². The third-order valence-electron chi connectivity index (χ3n) is 2.70. The Morgan fingerprint density at radius 1 is 1.29 bits per heavy atom. The minimum Gasteiger partial charge on any atom is -0.480 e. The van der Waals surface area contributed by atoms with Crippen LogP contribution >= 0.6 is 0 Å². The van der Waals surface area contributed by atoms with Crippen molar-refractivity contribution in [3.63, 3.8) is 0 Å². The number of hydrogen-bond acceptors (Lipinski definition) is 2. The van der Waals surface area contributed by atoms with Crippen molar-refractivity contribution in [3.05, 3.63) is 0 Å². The van der Waals surface area contributed by atoms with E-state index in [9.17, 15) is 9.59 Å². The number of rotatable bonds is 5. The van der Waals surface area contributed by atoms with Crippen molar-refractivity contribution in [2.75, 3.05) is 6.54 Å². The van der Waals surface area contributed by atoms with Crippen molar-refractivity contribution in [2.45, 2.75) is 47.1 Å². The predicted octanol–water partition coefficient (Wildman–Crippen LogP) is 1.83. The van der Waals surface area contributed by atoms with Crippen LogP contribution in [0.3, 0.4) is 0 Å². The molecule has 0 spiro atoms. The van der Waals surface area contributed by atoms with Crippen LogP contribution < -0.4 is 10.6 Å². The second kappa shape index (κ2) is 6.47. The fourth-order valence-electron chi connectivity index (χ4n) is 1.24. The molecule has 0 aliphatic rings. The first-order valence-corrected chi connectivity index (χ1v) is 5.95. The molecule has 5 heteroatoms. The van der Waals surface area contributed by atoms with E-state index >= 15 is 0 Å². The zero-order valence-electron chi connectivity index (χ0n) is 11.3. The number of aliphatic carboxylic acids is 1. The summed E-state index contributed by atoms with van der Waals surface area (Å²) in [5, 5.41) is 14.2. The van der Waals surface area contributed by atoms with Crippen molar-refractivity contribution in [2.24, 2.45) is 11.3 Å². The summed E-state index contributed by atoms with van der Waals surface area (Å²) in [6, 6.07) is -1.31. The molecule has 0 aromatic heterocycles. The number of carbonyl (C=O) groups excluding carboxylic acids is 1. The van der Waals surface area contributed by atoms with Gasteiger partial charge in [0.15, 0.2) is 0 Å². The van der Waals surface area contributed by atoms with Gasteiger partial charge in [-0.15, -0.1) is 0 Å². The molecule has 0 aromatic carbocycles. The highest BCUT2D eigenvalue weighted by molar-refractivity contribution is 5.83. The quantitative estimate of drug-likeness (QED) is 0.690. The summed E-state index contributed by atoms with van der Waals surface area (Å²) in [5.41, 5.74) is -0.514. The smallest absolute Gasteiger partial charge is 0.326 e. The fraction of sp³-hybridized carbons (Fsp3) is 0.833. The average molecular weight is 244 g/mol. The molecule has 0 bridgehead atoms. The third-order valence-corrected chi connectivity index (χ3v) is 2.70. The first-order valence-electron chi connectivity index (χ1n) is 5.95. The summed E-state index contributed by atoms with van der Waals surface area (Å²) in [5.74, 6) is -0.630. The van der Waals surface area contributed by atoms with Gasteiger partial charge in [-0.2, -0.15) is 0 Å². The van der Waals surface area contributed by atoms with Gasteiger partial charge in [-0.3, -0.25) is 0 Å². The van der Waals surface area contributed by atoms with Crippen molar-refractivity contribution < 1.29 is 14.7 Å². The highest BCUT2D eigenvalue weighted by atomic mass is 16.4. The number of hydrogen-bond donors (Lipinski definition) is 3. The van der Waals surface area contributed by atoms with Gasteiger partial charge < -0.3 is 15.7 Å². The molecule has 0 aromatic rings. The van der Waals surface area contributed by atoms with Crippen molar-refractivity contribution in [3.8, 4) is 0 Å². The third kappa shape index (κ3) is 6.14. The summed E-state index contributed by atoms with van der Waals surface area (Å²) >= 11 is 0. The molecule has 2 amide bonds. The number of carboxylic acid groups (broad SMARTS) is 1. The van der Waals surface area contributed by atoms with Crippen LogP contribution in [-0.4, -0.2) is 29.7 Å². The van der Waals surface area contributed by atoms with Crippen LogP contribution in [0.25, 0.3) is 0 Å². The lowest BCUT2D eigenvalue weighted by Crippen LogP contribution is -2.52. The summed E-state index contributed by atoms with van der Waals surface area (Å²) in [4.78, 5) is 22.6. The zero-order valence-corrected chi connectivity index (χ0v) is 11.3. The molecule has 0 radical (unpaired) electrons. The van der Waals surface area contributed by atoms with Crippen LogP contribution in [0.1, 0.15) is 41.0 Å². The van der Waals surface area contributed by atoms with Crippen LogP contribution in [0.2, 0.25) is 0 Å². The molecule has 2 atom stereocenters. The highest BCUT2D eigenvalue weighted by Gasteiger charge is 2.32. The van der Waals surface area contributed by atoms with Crippen molar-refractivity contribution in [1.29, 1.82) is 0 Å². The molecule has 0 saturated heterocycles. The Labute approximate surface area is 103 Å². The number of carboxylic acids is 1. The topological polar surface area (TPSA) is 78.4 Å². The Hall–Kier alpha value is -1.26. The van der Waals surface area contributed by atoms with E-state index in [1.807, 2.05) is 13.8 Å². The van der Waals surface area contributed by atoms with Crippen molar-refractivity contribution >= 4 is 12.0 Å². The Balaban J connectivity index is 4.29. The fourth-order valence-corrected chi connectivity index (χ4v) is 1.24. The van der Waals surface area contributed by atoms with E-state index in [0.29, 0.717) is 12.5 Å². The summed E-state index contributed by atoms with van der Waals surface area (Å²) < 4.78 is 0. The molecule has 5 nitrogen and oxygen atoms in total. The maximum absolute atomic E-state index is 11.5. The summed E-state index contributed by atoms with van der Waals surface area (Å²) in [6.45, 7) is 9.96. The van der Waals surface area contributed by atoms with E-state index in [4.69, 9.17) is 5.11 Å².